The second-order valence-corrected chi connectivity index (χ2v) is 6.24. The number of ether oxygens (including phenoxy) is 1. The van der Waals surface area contributed by atoms with Crippen molar-refractivity contribution < 1.29 is 4.74 Å². The number of hydrogen-bond donors (Lipinski definition) is 1. The average molecular weight is 253 g/mol. The minimum Gasteiger partial charge on any atom is -0.377 e. The fourth-order valence-corrected chi connectivity index (χ4v) is 4.17. The molecule has 0 amide bonds. The molecule has 3 rings (SSSR count). The number of rotatable bonds is 4. The summed E-state index contributed by atoms with van der Waals surface area (Å²) in [4.78, 5) is 1.43. The molecule has 2 aromatic rings. The summed E-state index contributed by atoms with van der Waals surface area (Å²) in [6.07, 6.45) is 2.88. The first-order valence-corrected chi connectivity index (χ1v) is 7.40. The monoisotopic (exact) mass is 253 g/mol. The molecule has 1 N–H and O–H groups in total. The molecular formula is C12H15NOS2. The molecule has 1 aliphatic heterocycles. The summed E-state index contributed by atoms with van der Waals surface area (Å²) in [5, 5.41) is 5.64. The lowest BCUT2D eigenvalue weighted by molar-refractivity contribution is 0.110. The van der Waals surface area contributed by atoms with Crippen LogP contribution in [0.25, 0.3) is 9.40 Å². The van der Waals surface area contributed by atoms with Crippen molar-refractivity contribution in [3.63, 3.8) is 0 Å². The summed E-state index contributed by atoms with van der Waals surface area (Å²) < 4.78 is 8.41. The van der Waals surface area contributed by atoms with E-state index in [2.05, 4.69) is 22.8 Å². The van der Waals surface area contributed by atoms with Crippen LogP contribution in [0, 0.1) is 0 Å². The first-order valence-electron chi connectivity index (χ1n) is 5.70. The van der Waals surface area contributed by atoms with Gasteiger partial charge in [0, 0.05) is 34.0 Å². The van der Waals surface area contributed by atoms with Gasteiger partial charge in [-0.1, -0.05) is 0 Å². The van der Waals surface area contributed by atoms with E-state index in [0.717, 1.165) is 19.7 Å². The molecule has 1 aliphatic rings. The van der Waals surface area contributed by atoms with Crippen molar-refractivity contribution >= 4 is 32.1 Å². The van der Waals surface area contributed by atoms with Crippen LogP contribution in [-0.4, -0.2) is 19.3 Å². The summed E-state index contributed by atoms with van der Waals surface area (Å²) in [7, 11) is 0. The van der Waals surface area contributed by atoms with Crippen LogP contribution in [0.15, 0.2) is 17.5 Å². The lowest BCUT2D eigenvalue weighted by Crippen LogP contribution is -2.25. The first kappa shape index (κ1) is 10.7. The van der Waals surface area contributed by atoms with Crippen LogP contribution in [0.2, 0.25) is 0 Å². The van der Waals surface area contributed by atoms with Crippen molar-refractivity contribution in [3.05, 3.63) is 22.4 Å². The Labute approximate surface area is 103 Å². The van der Waals surface area contributed by atoms with E-state index in [0.29, 0.717) is 6.10 Å². The van der Waals surface area contributed by atoms with Crippen molar-refractivity contribution in [2.75, 3.05) is 13.2 Å². The molecule has 1 saturated heterocycles. The summed E-state index contributed by atoms with van der Waals surface area (Å²) in [5.74, 6) is 0. The Morgan fingerprint density at radius 1 is 1.44 bits per heavy atom. The van der Waals surface area contributed by atoms with Crippen molar-refractivity contribution in [1.82, 2.24) is 5.32 Å². The van der Waals surface area contributed by atoms with Crippen molar-refractivity contribution in [3.8, 4) is 0 Å². The maximum Gasteiger partial charge on any atom is 0.0700 e. The van der Waals surface area contributed by atoms with Gasteiger partial charge >= 0.3 is 0 Å². The zero-order valence-corrected chi connectivity index (χ0v) is 10.7. The molecule has 16 heavy (non-hydrogen) atoms. The highest BCUT2D eigenvalue weighted by molar-refractivity contribution is 7.26. The van der Waals surface area contributed by atoms with E-state index < -0.39 is 0 Å². The van der Waals surface area contributed by atoms with Gasteiger partial charge in [-0.2, -0.15) is 0 Å². The zero-order chi connectivity index (χ0) is 10.8. The Morgan fingerprint density at radius 2 is 2.44 bits per heavy atom. The van der Waals surface area contributed by atoms with Gasteiger partial charge < -0.3 is 10.1 Å². The van der Waals surface area contributed by atoms with Gasteiger partial charge in [-0.15, -0.1) is 22.7 Å². The Hall–Kier alpha value is -0.420. The van der Waals surface area contributed by atoms with Gasteiger partial charge in [0.1, 0.15) is 0 Å². The van der Waals surface area contributed by atoms with Crippen molar-refractivity contribution in [2.45, 2.75) is 25.5 Å². The smallest absolute Gasteiger partial charge is 0.0700 e. The molecule has 0 spiro atoms. The Balaban J connectivity index is 1.52. The predicted molar refractivity (Wildman–Crippen MR) is 70.4 cm³/mol. The molecule has 0 aromatic carbocycles. The van der Waals surface area contributed by atoms with Crippen LogP contribution in [0.4, 0.5) is 0 Å². The van der Waals surface area contributed by atoms with Gasteiger partial charge in [-0.3, -0.25) is 0 Å². The van der Waals surface area contributed by atoms with E-state index in [4.69, 9.17) is 4.74 Å². The molecular weight excluding hydrogens is 238 g/mol. The van der Waals surface area contributed by atoms with Crippen LogP contribution in [0.1, 0.15) is 17.7 Å². The maximum atomic E-state index is 5.58. The fourth-order valence-electron chi connectivity index (χ4n) is 2.06. The number of hydrogen-bond acceptors (Lipinski definition) is 4. The average Bonchev–Trinajstić information content (AvgIpc) is 2.91. The third-order valence-corrected chi connectivity index (χ3v) is 4.98. The summed E-state index contributed by atoms with van der Waals surface area (Å²) in [5.41, 5.74) is 0. The Bertz CT molecular complexity index is 428. The number of thiophene rings is 2. The molecule has 2 nitrogen and oxygen atoms in total. The SMILES string of the molecule is c1cc2sc(CNCC3CCCO3)cc2s1. The molecule has 1 unspecified atom stereocenters. The highest BCUT2D eigenvalue weighted by Gasteiger charge is 2.14. The van der Waals surface area contributed by atoms with E-state index in [-0.39, 0.29) is 0 Å². The van der Waals surface area contributed by atoms with E-state index >= 15 is 0 Å². The van der Waals surface area contributed by atoms with E-state index in [9.17, 15) is 0 Å². The molecule has 0 aliphatic carbocycles. The van der Waals surface area contributed by atoms with E-state index in [1.165, 1.54) is 27.1 Å². The molecule has 0 bridgehead atoms. The topological polar surface area (TPSA) is 21.3 Å². The quantitative estimate of drug-likeness (QED) is 0.903. The molecule has 0 saturated carbocycles. The minimum absolute atomic E-state index is 0.445. The highest BCUT2D eigenvalue weighted by atomic mass is 32.1. The van der Waals surface area contributed by atoms with Gasteiger partial charge in [0.2, 0.25) is 0 Å². The van der Waals surface area contributed by atoms with E-state index in [1.54, 1.807) is 0 Å². The van der Waals surface area contributed by atoms with Crippen LogP contribution in [-0.2, 0) is 11.3 Å². The Morgan fingerprint density at radius 3 is 3.25 bits per heavy atom. The van der Waals surface area contributed by atoms with Gasteiger partial charge in [0.05, 0.1) is 6.10 Å². The standard InChI is InChI=1S/C12H15NOS2/c1-2-9(14-4-1)7-13-8-10-6-12-11(16-10)3-5-15-12/h3,5-6,9,13H,1-2,4,7-8H2. The minimum atomic E-state index is 0.445. The second kappa shape index (κ2) is 4.84. The highest BCUT2D eigenvalue weighted by Crippen LogP contribution is 2.29. The first-order chi connectivity index (χ1) is 7.92. The molecule has 0 radical (unpaired) electrons. The normalized spacial score (nSPS) is 20.9. The molecule has 86 valence electrons. The molecule has 1 fully saturated rings. The fraction of sp³-hybridized carbons (Fsp3) is 0.500. The van der Waals surface area contributed by atoms with E-state index in [1.807, 2.05) is 22.7 Å². The maximum absolute atomic E-state index is 5.58. The number of fused-ring (bicyclic) bond motifs is 1. The third kappa shape index (κ3) is 2.30. The molecule has 2 aromatic heterocycles. The van der Waals surface area contributed by atoms with Crippen LogP contribution < -0.4 is 5.32 Å². The number of nitrogens with one attached hydrogen (secondary N) is 1. The summed E-state index contributed by atoms with van der Waals surface area (Å²) in [6.45, 7) is 2.92. The molecule has 3 heterocycles. The lowest BCUT2D eigenvalue weighted by Gasteiger charge is -2.09. The van der Waals surface area contributed by atoms with Crippen LogP contribution in [0.5, 0.6) is 0 Å². The predicted octanol–water partition coefficient (Wildman–Crippen LogP) is 3.23. The van der Waals surface area contributed by atoms with Gasteiger partial charge in [-0.25, -0.2) is 0 Å². The summed E-state index contributed by atoms with van der Waals surface area (Å²) >= 11 is 3.72. The molecule has 1 atom stereocenters. The zero-order valence-electron chi connectivity index (χ0n) is 9.07. The van der Waals surface area contributed by atoms with Gasteiger partial charge in [-0.05, 0) is 30.4 Å². The van der Waals surface area contributed by atoms with Crippen LogP contribution in [0.3, 0.4) is 0 Å². The van der Waals surface area contributed by atoms with Crippen molar-refractivity contribution in [1.29, 1.82) is 0 Å². The largest absolute Gasteiger partial charge is 0.377 e. The second-order valence-electron chi connectivity index (χ2n) is 4.13. The summed E-state index contributed by atoms with van der Waals surface area (Å²) in [6, 6.07) is 4.50. The third-order valence-electron chi connectivity index (χ3n) is 2.89. The van der Waals surface area contributed by atoms with Crippen LogP contribution >= 0.6 is 22.7 Å². The van der Waals surface area contributed by atoms with Gasteiger partial charge in [0.25, 0.3) is 0 Å². The van der Waals surface area contributed by atoms with Crippen molar-refractivity contribution in [2.24, 2.45) is 0 Å². The lowest BCUT2D eigenvalue weighted by atomic mass is 10.2. The van der Waals surface area contributed by atoms with Gasteiger partial charge in [0.15, 0.2) is 0 Å². The molecule has 4 heteroatoms. The Kier molecular flexibility index (Phi) is 3.24.